The molecule has 2 aromatic heterocycles. The van der Waals surface area contributed by atoms with Crippen LogP contribution < -0.4 is 11.3 Å². The van der Waals surface area contributed by atoms with Crippen LogP contribution in [0.1, 0.15) is 11.3 Å². The van der Waals surface area contributed by atoms with Crippen LogP contribution in [0, 0.1) is 13.8 Å². The molecule has 0 atom stereocenters. The van der Waals surface area contributed by atoms with Crippen LogP contribution in [0.15, 0.2) is 29.2 Å². The second-order valence-electron chi connectivity index (χ2n) is 3.68. The number of anilines is 1. The highest BCUT2D eigenvalue weighted by atomic mass is 16.1. The topological polar surface area (TPSA) is 73.8 Å². The molecule has 0 spiro atoms. The summed E-state index contributed by atoms with van der Waals surface area (Å²) in [4.78, 5) is 11.8. The second-order valence-corrected chi connectivity index (χ2v) is 3.68. The summed E-state index contributed by atoms with van der Waals surface area (Å²) in [6, 6.07) is 5.18. The van der Waals surface area contributed by atoms with Gasteiger partial charge in [0.05, 0.1) is 11.4 Å². The van der Waals surface area contributed by atoms with E-state index in [1.54, 1.807) is 24.4 Å². The van der Waals surface area contributed by atoms with Crippen molar-refractivity contribution in [3.63, 3.8) is 0 Å². The monoisotopic (exact) mass is 216 g/mol. The van der Waals surface area contributed by atoms with Crippen LogP contribution in [0.25, 0.3) is 5.82 Å². The van der Waals surface area contributed by atoms with E-state index in [9.17, 15) is 4.79 Å². The Morgan fingerprint density at radius 3 is 2.62 bits per heavy atom. The first kappa shape index (κ1) is 10.4. The lowest BCUT2D eigenvalue weighted by atomic mass is 10.3. The van der Waals surface area contributed by atoms with E-state index in [0.717, 1.165) is 11.3 Å². The summed E-state index contributed by atoms with van der Waals surface area (Å²) in [6.07, 6.45) is 1.69. The molecule has 2 heterocycles. The van der Waals surface area contributed by atoms with Crippen molar-refractivity contribution in [1.82, 2.24) is 14.8 Å². The fourth-order valence-corrected chi connectivity index (χ4v) is 1.44. The molecule has 82 valence electrons. The maximum absolute atomic E-state index is 11.8. The first-order chi connectivity index (χ1) is 7.58. The normalized spacial score (nSPS) is 10.4. The number of pyridine rings is 1. The molecule has 5 heteroatoms. The van der Waals surface area contributed by atoms with Crippen molar-refractivity contribution in [1.29, 1.82) is 0 Å². The third-order valence-corrected chi connectivity index (χ3v) is 2.21. The number of aromatic nitrogens is 3. The lowest BCUT2D eigenvalue weighted by Crippen LogP contribution is -2.22. The molecule has 0 amide bonds. The largest absolute Gasteiger partial charge is 0.394 e. The smallest absolute Gasteiger partial charge is 0.279 e. The lowest BCUT2D eigenvalue weighted by molar-refractivity contribution is 0.864. The summed E-state index contributed by atoms with van der Waals surface area (Å²) in [6.45, 7) is 3.71. The summed E-state index contributed by atoms with van der Waals surface area (Å²) < 4.78 is 1.40. The van der Waals surface area contributed by atoms with Gasteiger partial charge in [0, 0.05) is 6.20 Å². The zero-order valence-corrected chi connectivity index (χ0v) is 9.14. The predicted octanol–water partition coefficient (Wildman–Crippen LogP) is 0.827. The summed E-state index contributed by atoms with van der Waals surface area (Å²) in [5, 5.41) is 7.85. The molecule has 0 aliphatic carbocycles. The minimum Gasteiger partial charge on any atom is -0.394 e. The van der Waals surface area contributed by atoms with Gasteiger partial charge < -0.3 is 5.73 Å². The third kappa shape index (κ3) is 1.79. The van der Waals surface area contributed by atoms with Crippen molar-refractivity contribution >= 4 is 5.69 Å². The SMILES string of the molecule is Cc1cc(N)c(=O)n(-c2ccc(C)nn2)c1. The third-order valence-electron chi connectivity index (χ3n) is 2.21. The van der Waals surface area contributed by atoms with Crippen molar-refractivity contribution in [3.05, 3.63) is 46.0 Å². The molecular formula is C11H12N4O. The van der Waals surface area contributed by atoms with E-state index in [0.29, 0.717) is 5.82 Å². The molecule has 0 aliphatic heterocycles. The van der Waals surface area contributed by atoms with E-state index < -0.39 is 0 Å². The molecule has 0 saturated heterocycles. The maximum Gasteiger partial charge on any atom is 0.279 e. The summed E-state index contributed by atoms with van der Waals surface area (Å²) in [5.74, 6) is 0.478. The molecule has 2 N–H and O–H groups in total. The molecule has 0 aromatic carbocycles. The lowest BCUT2D eigenvalue weighted by Gasteiger charge is -2.06. The Balaban J connectivity index is 2.64. The van der Waals surface area contributed by atoms with Crippen LogP contribution in [-0.2, 0) is 0 Å². The van der Waals surface area contributed by atoms with Crippen molar-refractivity contribution in [3.8, 4) is 5.82 Å². The Morgan fingerprint density at radius 1 is 1.25 bits per heavy atom. The molecule has 16 heavy (non-hydrogen) atoms. The summed E-state index contributed by atoms with van der Waals surface area (Å²) in [7, 11) is 0. The quantitative estimate of drug-likeness (QED) is 0.766. The number of nitrogens with two attached hydrogens (primary N) is 1. The van der Waals surface area contributed by atoms with Gasteiger partial charge in [-0.25, -0.2) is 0 Å². The fourth-order valence-electron chi connectivity index (χ4n) is 1.44. The van der Waals surface area contributed by atoms with Crippen molar-refractivity contribution in [2.45, 2.75) is 13.8 Å². The standard InChI is InChI=1S/C11H12N4O/c1-7-5-9(12)11(16)15(6-7)10-4-3-8(2)13-14-10/h3-6H,12H2,1-2H3. The fraction of sp³-hybridized carbons (Fsp3) is 0.182. The van der Waals surface area contributed by atoms with Crippen LogP contribution in [0.4, 0.5) is 5.69 Å². The van der Waals surface area contributed by atoms with Crippen LogP contribution in [0.3, 0.4) is 0 Å². The Kier molecular flexibility index (Phi) is 2.44. The number of aryl methyl sites for hydroxylation is 2. The average molecular weight is 216 g/mol. The van der Waals surface area contributed by atoms with E-state index in [1.807, 2.05) is 13.8 Å². The van der Waals surface area contributed by atoms with E-state index >= 15 is 0 Å². The Morgan fingerprint density at radius 2 is 2.00 bits per heavy atom. The number of nitrogen functional groups attached to an aromatic ring is 1. The number of hydrogen-bond acceptors (Lipinski definition) is 4. The van der Waals surface area contributed by atoms with Crippen LogP contribution in [0.2, 0.25) is 0 Å². The van der Waals surface area contributed by atoms with Gasteiger partial charge in [-0.2, -0.15) is 5.10 Å². The number of rotatable bonds is 1. The first-order valence-electron chi connectivity index (χ1n) is 4.87. The Bertz CT molecular complexity index is 572. The van der Waals surface area contributed by atoms with Crippen LogP contribution in [0.5, 0.6) is 0 Å². The van der Waals surface area contributed by atoms with Gasteiger partial charge in [-0.3, -0.25) is 9.36 Å². The highest BCUT2D eigenvalue weighted by Gasteiger charge is 2.05. The molecule has 0 fully saturated rings. The zero-order valence-electron chi connectivity index (χ0n) is 9.14. The minimum absolute atomic E-state index is 0.211. The Hall–Kier alpha value is -2.17. The van der Waals surface area contributed by atoms with E-state index in [1.165, 1.54) is 4.57 Å². The van der Waals surface area contributed by atoms with Gasteiger partial charge in [0.15, 0.2) is 5.82 Å². The van der Waals surface area contributed by atoms with Crippen LogP contribution in [-0.4, -0.2) is 14.8 Å². The first-order valence-corrected chi connectivity index (χ1v) is 4.87. The highest BCUT2D eigenvalue weighted by Crippen LogP contribution is 2.05. The Labute approximate surface area is 92.6 Å². The molecular weight excluding hydrogens is 204 g/mol. The van der Waals surface area contributed by atoms with Gasteiger partial charge in [0.25, 0.3) is 5.56 Å². The van der Waals surface area contributed by atoms with Crippen molar-refractivity contribution in [2.24, 2.45) is 0 Å². The molecule has 2 aromatic rings. The summed E-state index contributed by atoms with van der Waals surface area (Å²) >= 11 is 0. The average Bonchev–Trinajstić information content (AvgIpc) is 2.25. The molecule has 0 bridgehead atoms. The maximum atomic E-state index is 11.8. The van der Waals surface area contributed by atoms with Gasteiger partial charge in [-0.05, 0) is 37.6 Å². The minimum atomic E-state index is -0.274. The molecule has 0 radical (unpaired) electrons. The summed E-state index contributed by atoms with van der Waals surface area (Å²) in [5.41, 5.74) is 7.25. The molecule has 0 unspecified atom stereocenters. The van der Waals surface area contributed by atoms with Gasteiger partial charge >= 0.3 is 0 Å². The highest BCUT2D eigenvalue weighted by molar-refractivity contribution is 5.40. The van der Waals surface area contributed by atoms with E-state index in [4.69, 9.17) is 5.73 Å². The van der Waals surface area contributed by atoms with E-state index in [-0.39, 0.29) is 11.2 Å². The number of nitrogens with zero attached hydrogens (tertiary/aromatic N) is 3. The molecule has 5 nitrogen and oxygen atoms in total. The zero-order chi connectivity index (χ0) is 11.7. The van der Waals surface area contributed by atoms with Gasteiger partial charge in [0.1, 0.15) is 0 Å². The van der Waals surface area contributed by atoms with Crippen molar-refractivity contribution < 1.29 is 0 Å². The van der Waals surface area contributed by atoms with Gasteiger partial charge in [-0.15, -0.1) is 5.10 Å². The number of hydrogen-bond donors (Lipinski definition) is 1. The predicted molar refractivity (Wildman–Crippen MR) is 61.5 cm³/mol. The molecule has 2 rings (SSSR count). The molecule has 0 aliphatic rings. The molecule has 0 saturated carbocycles. The van der Waals surface area contributed by atoms with Gasteiger partial charge in [0.2, 0.25) is 0 Å². The van der Waals surface area contributed by atoms with Gasteiger partial charge in [-0.1, -0.05) is 0 Å². The second kappa shape index (κ2) is 3.77. The van der Waals surface area contributed by atoms with E-state index in [2.05, 4.69) is 10.2 Å². The van der Waals surface area contributed by atoms with Crippen molar-refractivity contribution in [2.75, 3.05) is 5.73 Å². The van der Waals surface area contributed by atoms with Crippen LogP contribution >= 0.6 is 0 Å².